The zero-order valence-electron chi connectivity index (χ0n) is 12.3. The molecule has 0 aliphatic heterocycles. The number of nitrogens with one attached hydrogen (secondary N) is 1. The second-order valence-electron chi connectivity index (χ2n) is 5.46. The Bertz CT molecular complexity index is 655. The van der Waals surface area contributed by atoms with Crippen LogP contribution < -0.4 is 0 Å². The van der Waals surface area contributed by atoms with E-state index in [2.05, 4.69) is 41.2 Å². The van der Waals surface area contributed by atoms with Crippen molar-refractivity contribution in [2.75, 3.05) is 5.75 Å². The summed E-state index contributed by atoms with van der Waals surface area (Å²) in [6.07, 6.45) is 5.18. The number of aromatic nitrogens is 2. The lowest BCUT2D eigenvalue weighted by molar-refractivity contribution is 0.694. The third kappa shape index (κ3) is 3.55. The van der Waals surface area contributed by atoms with Crippen molar-refractivity contribution in [3.8, 4) is 11.4 Å². The highest BCUT2D eigenvalue weighted by atomic mass is 32.2. The molecule has 1 aliphatic carbocycles. The Morgan fingerprint density at radius 1 is 1.24 bits per heavy atom. The average Bonchev–Trinajstić information content (AvgIpc) is 3.02. The predicted octanol–water partition coefficient (Wildman–Crippen LogP) is 5.58. The number of hydrogen-bond donors (Lipinski definition) is 1. The first-order chi connectivity index (χ1) is 10.3. The van der Waals surface area contributed by atoms with Gasteiger partial charge in [-0.05, 0) is 42.7 Å². The maximum atomic E-state index is 5.35. The van der Waals surface area contributed by atoms with Gasteiger partial charge in [-0.2, -0.15) is 0 Å². The van der Waals surface area contributed by atoms with E-state index in [4.69, 9.17) is 12.2 Å². The number of nitrogens with zero attached hydrogens (tertiary/aromatic N) is 1. The van der Waals surface area contributed by atoms with Crippen molar-refractivity contribution in [2.24, 2.45) is 0 Å². The van der Waals surface area contributed by atoms with Gasteiger partial charge in [-0.3, -0.25) is 0 Å². The van der Waals surface area contributed by atoms with E-state index in [1.807, 2.05) is 17.8 Å². The Morgan fingerprint density at radius 2 is 1.95 bits per heavy atom. The Balaban J connectivity index is 1.92. The van der Waals surface area contributed by atoms with E-state index in [0.717, 1.165) is 17.1 Å². The second-order valence-corrected chi connectivity index (χ2v) is 7.22. The molecule has 2 aromatic rings. The van der Waals surface area contributed by atoms with Gasteiger partial charge in [0, 0.05) is 16.2 Å². The Labute approximate surface area is 135 Å². The first-order valence-corrected chi connectivity index (χ1v) is 9.00. The number of H-pyrrole nitrogens is 1. The zero-order chi connectivity index (χ0) is 14.7. The molecule has 110 valence electrons. The molecule has 1 fully saturated rings. The van der Waals surface area contributed by atoms with Crippen LogP contribution in [0.15, 0.2) is 35.2 Å². The monoisotopic (exact) mass is 316 g/mol. The third-order valence-electron chi connectivity index (χ3n) is 4.00. The minimum Gasteiger partial charge on any atom is -0.343 e. The minimum absolute atomic E-state index is 0.628. The van der Waals surface area contributed by atoms with E-state index in [1.165, 1.54) is 36.3 Å². The first kappa shape index (κ1) is 14.8. The summed E-state index contributed by atoms with van der Waals surface area (Å²) in [7, 11) is 0. The van der Waals surface area contributed by atoms with Gasteiger partial charge in [0.1, 0.15) is 10.5 Å². The predicted molar refractivity (Wildman–Crippen MR) is 92.5 cm³/mol. The van der Waals surface area contributed by atoms with Crippen LogP contribution in [0.2, 0.25) is 0 Å². The van der Waals surface area contributed by atoms with E-state index < -0.39 is 0 Å². The molecule has 0 amide bonds. The van der Waals surface area contributed by atoms with E-state index in [9.17, 15) is 0 Å². The van der Waals surface area contributed by atoms with E-state index in [-0.39, 0.29) is 0 Å². The molecule has 3 rings (SSSR count). The maximum Gasteiger partial charge on any atom is 0.139 e. The molecule has 1 aromatic heterocycles. The summed E-state index contributed by atoms with van der Waals surface area (Å²) in [5.74, 6) is 2.62. The van der Waals surface area contributed by atoms with E-state index in [1.54, 1.807) is 0 Å². The fraction of sp³-hybridized carbons (Fsp3) is 0.412. The van der Waals surface area contributed by atoms with Crippen LogP contribution in [0.1, 0.15) is 44.2 Å². The molecule has 21 heavy (non-hydrogen) atoms. The second kappa shape index (κ2) is 6.75. The van der Waals surface area contributed by atoms with Crippen molar-refractivity contribution < 1.29 is 0 Å². The highest BCUT2D eigenvalue weighted by Crippen LogP contribution is 2.33. The van der Waals surface area contributed by atoms with Crippen molar-refractivity contribution in [3.63, 3.8) is 0 Å². The van der Waals surface area contributed by atoms with Crippen molar-refractivity contribution in [3.05, 3.63) is 40.7 Å². The lowest BCUT2D eigenvalue weighted by atomic mass is 10.0. The summed E-state index contributed by atoms with van der Waals surface area (Å²) in [5, 5.41) is 0. The fourth-order valence-electron chi connectivity index (χ4n) is 2.95. The zero-order valence-corrected chi connectivity index (χ0v) is 13.9. The fourth-order valence-corrected chi connectivity index (χ4v) is 3.83. The van der Waals surface area contributed by atoms with E-state index >= 15 is 0 Å². The van der Waals surface area contributed by atoms with Crippen LogP contribution in [-0.2, 0) is 0 Å². The van der Waals surface area contributed by atoms with Crippen molar-refractivity contribution >= 4 is 24.0 Å². The van der Waals surface area contributed by atoms with Crippen LogP contribution in [-0.4, -0.2) is 15.7 Å². The van der Waals surface area contributed by atoms with Gasteiger partial charge >= 0.3 is 0 Å². The van der Waals surface area contributed by atoms with Crippen LogP contribution >= 0.6 is 24.0 Å². The van der Waals surface area contributed by atoms with Gasteiger partial charge in [-0.1, -0.05) is 44.1 Å². The molecule has 0 radical (unpaired) electrons. The Kier molecular flexibility index (Phi) is 4.76. The van der Waals surface area contributed by atoms with Gasteiger partial charge in [-0.15, -0.1) is 11.8 Å². The number of benzene rings is 1. The molecule has 0 atom stereocenters. The molecular formula is C17H20N2S2. The van der Waals surface area contributed by atoms with Crippen LogP contribution in [0.25, 0.3) is 11.4 Å². The number of rotatable bonds is 4. The molecule has 4 heteroatoms. The summed E-state index contributed by atoms with van der Waals surface area (Å²) < 4.78 is 0.692. The van der Waals surface area contributed by atoms with Crippen molar-refractivity contribution in [1.82, 2.24) is 9.97 Å². The van der Waals surface area contributed by atoms with Gasteiger partial charge < -0.3 is 4.98 Å². The Morgan fingerprint density at radius 3 is 2.62 bits per heavy atom. The van der Waals surface area contributed by atoms with Gasteiger partial charge in [0.05, 0.1) is 0 Å². The first-order valence-electron chi connectivity index (χ1n) is 7.61. The SMILES string of the molecule is CCSc1ccc(-c2nc(=S)cc(C3CCCC3)[nH]2)cc1. The molecule has 1 heterocycles. The van der Waals surface area contributed by atoms with Crippen LogP contribution in [0, 0.1) is 4.64 Å². The van der Waals surface area contributed by atoms with Crippen molar-refractivity contribution in [1.29, 1.82) is 0 Å². The highest BCUT2D eigenvalue weighted by Gasteiger charge is 2.18. The summed E-state index contributed by atoms with van der Waals surface area (Å²) in [6, 6.07) is 10.6. The van der Waals surface area contributed by atoms with Gasteiger partial charge in [0.25, 0.3) is 0 Å². The van der Waals surface area contributed by atoms with Gasteiger partial charge in [0.15, 0.2) is 0 Å². The molecule has 1 N–H and O–H groups in total. The number of thioether (sulfide) groups is 1. The van der Waals surface area contributed by atoms with Gasteiger partial charge in [0.2, 0.25) is 0 Å². The summed E-state index contributed by atoms with van der Waals surface area (Å²) >= 11 is 7.21. The highest BCUT2D eigenvalue weighted by molar-refractivity contribution is 7.99. The summed E-state index contributed by atoms with van der Waals surface area (Å²) in [5.41, 5.74) is 2.37. The largest absolute Gasteiger partial charge is 0.343 e. The van der Waals surface area contributed by atoms with Crippen LogP contribution in [0.4, 0.5) is 0 Å². The molecule has 0 bridgehead atoms. The summed E-state index contributed by atoms with van der Waals surface area (Å²) in [4.78, 5) is 9.31. The smallest absolute Gasteiger partial charge is 0.139 e. The lowest BCUT2D eigenvalue weighted by Gasteiger charge is -2.11. The van der Waals surface area contributed by atoms with Crippen molar-refractivity contribution in [2.45, 2.75) is 43.4 Å². The topological polar surface area (TPSA) is 28.7 Å². The molecule has 1 aromatic carbocycles. The minimum atomic E-state index is 0.628. The molecule has 0 spiro atoms. The van der Waals surface area contributed by atoms with Crippen LogP contribution in [0.5, 0.6) is 0 Å². The molecule has 0 saturated heterocycles. The quantitative estimate of drug-likeness (QED) is 0.590. The molecular weight excluding hydrogens is 296 g/mol. The van der Waals surface area contributed by atoms with E-state index in [0.29, 0.717) is 10.6 Å². The molecule has 0 unspecified atom stereocenters. The standard InChI is InChI=1S/C17H20N2S2/c1-2-21-14-9-7-13(8-10-14)17-18-15(11-16(20)19-17)12-5-3-4-6-12/h7-12H,2-6H2,1H3,(H,18,19,20). The number of aromatic amines is 1. The third-order valence-corrected chi connectivity index (χ3v) is 5.10. The molecule has 1 aliphatic rings. The summed E-state index contributed by atoms with van der Waals surface area (Å²) in [6.45, 7) is 2.17. The van der Waals surface area contributed by atoms with Crippen LogP contribution in [0.3, 0.4) is 0 Å². The van der Waals surface area contributed by atoms with Gasteiger partial charge in [-0.25, -0.2) is 4.98 Å². The lowest BCUT2D eigenvalue weighted by Crippen LogP contribution is -2.00. The normalized spacial score (nSPS) is 15.5. The molecule has 1 saturated carbocycles. The Hall–Kier alpha value is -1.13. The number of hydrogen-bond acceptors (Lipinski definition) is 3. The molecule has 2 nitrogen and oxygen atoms in total. The maximum absolute atomic E-state index is 5.35. The average molecular weight is 316 g/mol.